The Bertz CT molecular complexity index is 719. The molecule has 1 atom stereocenters. The highest BCUT2D eigenvalue weighted by Gasteiger charge is 2.29. The Labute approximate surface area is 149 Å². The largest absolute Gasteiger partial charge is 0.352 e. The Morgan fingerprint density at radius 1 is 1.40 bits per heavy atom. The highest BCUT2D eigenvalue weighted by atomic mass is 32.2. The first-order chi connectivity index (χ1) is 11.7. The van der Waals surface area contributed by atoms with Crippen LogP contribution in [0.3, 0.4) is 0 Å². The average molecular weight is 370 g/mol. The van der Waals surface area contributed by atoms with Crippen LogP contribution >= 0.6 is 0 Å². The summed E-state index contributed by atoms with van der Waals surface area (Å²) in [6.45, 7) is 7.41. The third-order valence-corrected chi connectivity index (χ3v) is 6.31. The molecule has 2 rings (SSSR count). The smallest absolute Gasteiger partial charge is 0.254 e. The molecule has 1 unspecified atom stereocenters. The predicted octanol–water partition coefficient (Wildman–Crippen LogP) is 3.02. The summed E-state index contributed by atoms with van der Waals surface area (Å²) >= 11 is 0. The Hall–Kier alpha value is -1.47. The lowest BCUT2D eigenvalue weighted by molar-refractivity contribution is 0.0947. The van der Waals surface area contributed by atoms with Crippen molar-refractivity contribution in [1.82, 2.24) is 9.62 Å². The van der Waals surface area contributed by atoms with E-state index in [9.17, 15) is 17.6 Å². The number of nitrogens with zero attached hydrogens (tertiary/aromatic N) is 1. The van der Waals surface area contributed by atoms with Gasteiger partial charge in [0.15, 0.2) is 0 Å². The number of rotatable bonds is 6. The van der Waals surface area contributed by atoms with E-state index in [1.54, 1.807) is 0 Å². The molecule has 0 spiro atoms. The summed E-state index contributed by atoms with van der Waals surface area (Å²) in [5.41, 5.74) is -0.227. The van der Waals surface area contributed by atoms with E-state index in [1.807, 2.05) is 20.8 Å². The van der Waals surface area contributed by atoms with E-state index < -0.39 is 21.7 Å². The number of amides is 1. The summed E-state index contributed by atoms with van der Waals surface area (Å²) in [6.07, 6.45) is 2.58. The van der Waals surface area contributed by atoms with Crippen LogP contribution in [-0.4, -0.2) is 38.3 Å². The van der Waals surface area contributed by atoms with Gasteiger partial charge in [0, 0.05) is 19.6 Å². The molecule has 0 aromatic heterocycles. The van der Waals surface area contributed by atoms with E-state index in [0.717, 1.165) is 31.4 Å². The summed E-state index contributed by atoms with van der Waals surface area (Å²) < 4.78 is 41.0. The third kappa shape index (κ3) is 5.01. The number of carbonyl (C=O) groups is 1. The molecule has 1 amide bonds. The molecule has 5 nitrogen and oxygen atoms in total. The molecule has 1 aliphatic heterocycles. The van der Waals surface area contributed by atoms with E-state index >= 15 is 0 Å². The number of hydrogen-bond donors (Lipinski definition) is 1. The minimum absolute atomic E-state index is 0.0305. The van der Waals surface area contributed by atoms with Gasteiger partial charge in [0.1, 0.15) is 5.82 Å². The van der Waals surface area contributed by atoms with Gasteiger partial charge in [0.2, 0.25) is 10.0 Å². The van der Waals surface area contributed by atoms with Gasteiger partial charge in [-0.05, 0) is 49.3 Å². The second kappa shape index (κ2) is 8.27. The van der Waals surface area contributed by atoms with Crippen molar-refractivity contribution in [2.75, 3.05) is 19.6 Å². The maximum absolute atomic E-state index is 14.0. The van der Waals surface area contributed by atoms with Crippen molar-refractivity contribution < 1.29 is 17.6 Å². The van der Waals surface area contributed by atoms with Gasteiger partial charge >= 0.3 is 0 Å². The highest BCUT2D eigenvalue weighted by molar-refractivity contribution is 7.89. The molecule has 140 valence electrons. The standard InChI is InChI=1S/C18H27FN2O3S/c1-13(2)8-9-20-18(22)16-11-15(6-7-17(16)19)25(23,24)21-10-4-5-14(3)12-21/h6-7,11,13-14H,4-5,8-10,12H2,1-3H3,(H,20,22). The SMILES string of the molecule is CC(C)CCNC(=O)c1cc(S(=O)(=O)N2CCCC(C)C2)ccc1F. The Morgan fingerprint density at radius 3 is 2.76 bits per heavy atom. The first-order valence-corrected chi connectivity index (χ1v) is 10.2. The fourth-order valence-corrected chi connectivity index (χ4v) is 4.55. The van der Waals surface area contributed by atoms with Gasteiger partial charge in [-0.3, -0.25) is 4.79 Å². The van der Waals surface area contributed by atoms with Gasteiger partial charge in [-0.25, -0.2) is 12.8 Å². The molecule has 1 fully saturated rings. The Balaban J connectivity index is 2.21. The summed E-state index contributed by atoms with van der Waals surface area (Å²) in [7, 11) is -3.72. The molecular weight excluding hydrogens is 343 g/mol. The zero-order valence-electron chi connectivity index (χ0n) is 15.1. The Kier molecular flexibility index (Phi) is 6.57. The lowest BCUT2D eigenvalue weighted by Gasteiger charge is -2.30. The predicted molar refractivity (Wildman–Crippen MR) is 95.3 cm³/mol. The Morgan fingerprint density at radius 2 is 2.12 bits per heavy atom. The second-order valence-corrected chi connectivity index (χ2v) is 9.13. The molecule has 1 saturated heterocycles. The minimum atomic E-state index is -3.72. The number of benzene rings is 1. The molecule has 0 bridgehead atoms. The lowest BCUT2D eigenvalue weighted by atomic mass is 10.0. The van der Waals surface area contributed by atoms with Crippen molar-refractivity contribution >= 4 is 15.9 Å². The number of hydrogen-bond acceptors (Lipinski definition) is 3. The first kappa shape index (κ1) is 19.8. The fraction of sp³-hybridized carbons (Fsp3) is 0.611. The summed E-state index contributed by atoms with van der Waals surface area (Å²) in [5, 5.41) is 2.65. The first-order valence-electron chi connectivity index (χ1n) is 8.79. The van der Waals surface area contributed by atoms with Gasteiger partial charge in [-0.15, -0.1) is 0 Å². The lowest BCUT2D eigenvalue weighted by Crippen LogP contribution is -2.39. The van der Waals surface area contributed by atoms with Crippen molar-refractivity contribution in [2.24, 2.45) is 11.8 Å². The molecule has 25 heavy (non-hydrogen) atoms. The number of piperidine rings is 1. The van der Waals surface area contributed by atoms with Crippen molar-refractivity contribution in [2.45, 2.75) is 44.9 Å². The van der Waals surface area contributed by atoms with Crippen molar-refractivity contribution in [3.05, 3.63) is 29.6 Å². The quantitative estimate of drug-likeness (QED) is 0.837. The number of carbonyl (C=O) groups excluding carboxylic acids is 1. The molecule has 1 heterocycles. The van der Waals surface area contributed by atoms with Crippen LogP contribution in [0.1, 0.15) is 50.4 Å². The van der Waals surface area contributed by atoms with Gasteiger partial charge in [0.05, 0.1) is 10.5 Å². The monoisotopic (exact) mass is 370 g/mol. The molecule has 0 radical (unpaired) electrons. The summed E-state index contributed by atoms with van der Waals surface area (Å²) in [5.74, 6) is -0.587. The summed E-state index contributed by atoms with van der Waals surface area (Å²) in [4.78, 5) is 12.2. The maximum Gasteiger partial charge on any atom is 0.254 e. The zero-order valence-corrected chi connectivity index (χ0v) is 15.9. The van der Waals surface area contributed by atoms with Gasteiger partial charge < -0.3 is 5.32 Å². The van der Waals surface area contributed by atoms with Crippen LogP contribution in [0.25, 0.3) is 0 Å². The highest BCUT2D eigenvalue weighted by Crippen LogP contribution is 2.24. The third-order valence-electron chi connectivity index (χ3n) is 4.45. The van der Waals surface area contributed by atoms with Crippen molar-refractivity contribution in [3.8, 4) is 0 Å². The van der Waals surface area contributed by atoms with Crippen LogP contribution in [0.2, 0.25) is 0 Å². The molecule has 1 aromatic carbocycles. The van der Waals surface area contributed by atoms with Crippen molar-refractivity contribution in [3.63, 3.8) is 0 Å². The fourth-order valence-electron chi connectivity index (χ4n) is 2.92. The van der Waals surface area contributed by atoms with Crippen LogP contribution < -0.4 is 5.32 Å². The second-order valence-electron chi connectivity index (χ2n) is 7.19. The maximum atomic E-state index is 14.0. The molecular formula is C18H27FN2O3S. The molecule has 0 aliphatic carbocycles. The number of nitrogens with one attached hydrogen (secondary N) is 1. The van der Waals surface area contributed by atoms with E-state index in [0.29, 0.717) is 31.5 Å². The van der Waals surface area contributed by atoms with Crippen LogP contribution in [-0.2, 0) is 10.0 Å². The van der Waals surface area contributed by atoms with Crippen LogP contribution in [0, 0.1) is 17.7 Å². The van der Waals surface area contributed by atoms with Gasteiger partial charge in [-0.2, -0.15) is 4.31 Å². The number of sulfonamides is 1. The van der Waals surface area contributed by atoms with Crippen LogP contribution in [0.4, 0.5) is 4.39 Å². The van der Waals surface area contributed by atoms with Crippen LogP contribution in [0.15, 0.2) is 23.1 Å². The van der Waals surface area contributed by atoms with E-state index in [1.165, 1.54) is 10.4 Å². The number of halogens is 1. The summed E-state index contributed by atoms with van der Waals surface area (Å²) in [6, 6.07) is 3.43. The van der Waals surface area contributed by atoms with Crippen molar-refractivity contribution in [1.29, 1.82) is 0 Å². The molecule has 1 aromatic rings. The molecule has 1 aliphatic rings. The van der Waals surface area contributed by atoms with E-state index in [-0.39, 0.29) is 10.5 Å². The molecule has 7 heteroatoms. The van der Waals surface area contributed by atoms with E-state index in [2.05, 4.69) is 5.32 Å². The van der Waals surface area contributed by atoms with Crippen LogP contribution in [0.5, 0.6) is 0 Å². The topological polar surface area (TPSA) is 66.5 Å². The molecule has 1 N–H and O–H groups in total. The minimum Gasteiger partial charge on any atom is -0.352 e. The molecule has 0 saturated carbocycles. The normalized spacial score (nSPS) is 19.2. The van der Waals surface area contributed by atoms with Gasteiger partial charge in [0.25, 0.3) is 5.91 Å². The average Bonchev–Trinajstić information content (AvgIpc) is 2.54. The van der Waals surface area contributed by atoms with E-state index in [4.69, 9.17) is 0 Å². The van der Waals surface area contributed by atoms with Gasteiger partial charge in [-0.1, -0.05) is 20.8 Å². The zero-order chi connectivity index (χ0) is 18.6.